The van der Waals surface area contributed by atoms with E-state index in [9.17, 15) is 5.26 Å². The summed E-state index contributed by atoms with van der Waals surface area (Å²) in [6, 6.07) is 3.84. The summed E-state index contributed by atoms with van der Waals surface area (Å²) in [4.78, 5) is 2.60. The molecule has 1 atom stereocenters. The van der Waals surface area contributed by atoms with E-state index in [1.54, 1.807) is 0 Å². The van der Waals surface area contributed by atoms with E-state index >= 15 is 0 Å². The zero-order chi connectivity index (χ0) is 14.6. The van der Waals surface area contributed by atoms with Crippen LogP contribution in [0.4, 0.5) is 0 Å². The van der Waals surface area contributed by atoms with Gasteiger partial charge in [0.05, 0.1) is 6.07 Å². The second-order valence-electron chi connectivity index (χ2n) is 7.45. The van der Waals surface area contributed by atoms with Crippen LogP contribution in [-0.4, -0.2) is 35.6 Å². The lowest BCUT2D eigenvalue weighted by atomic mass is 10.0. The van der Waals surface area contributed by atoms with Crippen LogP contribution >= 0.6 is 0 Å². The van der Waals surface area contributed by atoms with Crippen LogP contribution in [0.3, 0.4) is 0 Å². The van der Waals surface area contributed by atoms with Crippen molar-refractivity contribution in [3.63, 3.8) is 0 Å². The van der Waals surface area contributed by atoms with Gasteiger partial charge in [-0.15, -0.1) is 0 Å². The van der Waals surface area contributed by atoms with E-state index in [2.05, 4.69) is 37.1 Å². The van der Waals surface area contributed by atoms with Gasteiger partial charge in [0.2, 0.25) is 0 Å². The molecule has 3 nitrogen and oxygen atoms in total. The largest absolute Gasteiger partial charge is 0.297 e. The Bertz CT molecular complexity index is 337. The van der Waals surface area contributed by atoms with E-state index < -0.39 is 0 Å². The van der Waals surface area contributed by atoms with Crippen molar-refractivity contribution in [3.05, 3.63) is 0 Å². The van der Waals surface area contributed by atoms with Gasteiger partial charge in [0.25, 0.3) is 0 Å². The molecule has 0 bridgehead atoms. The van der Waals surface area contributed by atoms with Gasteiger partial charge in [-0.3, -0.25) is 10.2 Å². The molecule has 20 heavy (non-hydrogen) atoms. The molecule has 114 valence electrons. The second-order valence-corrected chi connectivity index (χ2v) is 7.45. The van der Waals surface area contributed by atoms with Gasteiger partial charge in [-0.05, 0) is 51.5 Å². The molecule has 0 radical (unpaired) electrons. The normalized spacial score (nSPS) is 23.2. The van der Waals surface area contributed by atoms with Crippen LogP contribution in [0, 0.1) is 17.2 Å². The summed E-state index contributed by atoms with van der Waals surface area (Å²) in [7, 11) is 0. The van der Waals surface area contributed by atoms with Gasteiger partial charge in [-0.2, -0.15) is 5.26 Å². The van der Waals surface area contributed by atoms with Crippen molar-refractivity contribution in [1.82, 2.24) is 10.2 Å². The minimum absolute atomic E-state index is 0.374. The Kier molecular flexibility index (Phi) is 5.46. The molecule has 2 aliphatic carbocycles. The zero-order valence-corrected chi connectivity index (χ0v) is 13.5. The molecule has 1 unspecified atom stereocenters. The molecule has 3 heteroatoms. The third-order valence-corrected chi connectivity index (χ3v) is 4.70. The summed E-state index contributed by atoms with van der Waals surface area (Å²) in [5.41, 5.74) is -0.374. The Balaban J connectivity index is 1.94. The van der Waals surface area contributed by atoms with Crippen LogP contribution in [0.15, 0.2) is 0 Å². The van der Waals surface area contributed by atoms with E-state index in [-0.39, 0.29) is 5.54 Å². The maximum absolute atomic E-state index is 9.59. The first-order chi connectivity index (χ1) is 9.52. The molecule has 0 amide bonds. The first kappa shape index (κ1) is 15.8. The highest BCUT2D eigenvalue weighted by Gasteiger charge is 2.36. The van der Waals surface area contributed by atoms with Crippen LogP contribution in [0.5, 0.6) is 0 Å². The predicted molar refractivity (Wildman–Crippen MR) is 83.5 cm³/mol. The minimum atomic E-state index is -0.374. The Hall–Kier alpha value is -0.590. The number of nitriles is 1. The fourth-order valence-electron chi connectivity index (χ4n) is 3.28. The predicted octanol–water partition coefficient (Wildman–Crippen LogP) is 3.31. The molecule has 0 aromatic carbocycles. The third kappa shape index (κ3) is 4.75. The Morgan fingerprint density at radius 3 is 2.40 bits per heavy atom. The van der Waals surface area contributed by atoms with Crippen molar-refractivity contribution in [2.75, 3.05) is 13.1 Å². The van der Waals surface area contributed by atoms with Crippen LogP contribution in [-0.2, 0) is 0 Å². The minimum Gasteiger partial charge on any atom is -0.297 e. The van der Waals surface area contributed by atoms with Crippen LogP contribution in [0.1, 0.15) is 65.7 Å². The zero-order valence-electron chi connectivity index (χ0n) is 13.5. The molecule has 0 heterocycles. The molecule has 2 rings (SSSR count). The van der Waals surface area contributed by atoms with Gasteiger partial charge in [0.15, 0.2) is 0 Å². The number of hydrogen-bond donors (Lipinski definition) is 1. The van der Waals surface area contributed by atoms with E-state index in [1.807, 2.05) is 0 Å². The van der Waals surface area contributed by atoms with Gasteiger partial charge in [0, 0.05) is 18.6 Å². The summed E-state index contributed by atoms with van der Waals surface area (Å²) < 4.78 is 0. The third-order valence-electron chi connectivity index (χ3n) is 4.70. The SMILES string of the molecule is CC(C)CCN(CC(C)(C#N)NC1CC1)C1CCCC1. The number of hydrogen-bond acceptors (Lipinski definition) is 3. The lowest BCUT2D eigenvalue weighted by Crippen LogP contribution is -2.53. The van der Waals surface area contributed by atoms with Crippen LogP contribution in [0.25, 0.3) is 0 Å². The van der Waals surface area contributed by atoms with E-state index in [1.165, 1.54) is 44.9 Å². The van der Waals surface area contributed by atoms with Crippen LogP contribution in [0.2, 0.25) is 0 Å². The maximum Gasteiger partial charge on any atom is 0.116 e. The van der Waals surface area contributed by atoms with Crippen molar-refractivity contribution in [1.29, 1.82) is 5.26 Å². The number of rotatable bonds is 8. The average molecular weight is 277 g/mol. The number of nitrogens with zero attached hydrogens (tertiary/aromatic N) is 2. The summed E-state index contributed by atoms with van der Waals surface area (Å²) in [5.74, 6) is 0.739. The fraction of sp³-hybridized carbons (Fsp3) is 0.941. The Labute approximate surface area is 124 Å². The molecule has 2 fully saturated rings. The van der Waals surface area contributed by atoms with Crippen molar-refractivity contribution in [2.45, 2.75) is 83.3 Å². The van der Waals surface area contributed by atoms with Crippen molar-refractivity contribution < 1.29 is 0 Å². The monoisotopic (exact) mass is 277 g/mol. The number of nitrogens with one attached hydrogen (secondary N) is 1. The van der Waals surface area contributed by atoms with E-state index in [0.29, 0.717) is 12.1 Å². The van der Waals surface area contributed by atoms with E-state index in [4.69, 9.17) is 0 Å². The lowest BCUT2D eigenvalue weighted by molar-refractivity contribution is 0.153. The molecule has 1 N–H and O–H groups in total. The molecular weight excluding hydrogens is 246 g/mol. The van der Waals surface area contributed by atoms with Gasteiger partial charge in [-0.25, -0.2) is 0 Å². The first-order valence-electron chi connectivity index (χ1n) is 8.45. The quantitative estimate of drug-likeness (QED) is 0.740. The second kappa shape index (κ2) is 6.91. The van der Waals surface area contributed by atoms with Crippen molar-refractivity contribution in [2.24, 2.45) is 5.92 Å². The Morgan fingerprint density at radius 1 is 1.25 bits per heavy atom. The first-order valence-corrected chi connectivity index (χ1v) is 8.45. The van der Waals surface area contributed by atoms with Crippen molar-refractivity contribution >= 4 is 0 Å². The van der Waals surface area contributed by atoms with Crippen molar-refractivity contribution in [3.8, 4) is 6.07 Å². The topological polar surface area (TPSA) is 39.1 Å². The maximum atomic E-state index is 9.59. The summed E-state index contributed by atoms with van der Waals surface area (Å²) in [6.45, 7) is 8.70. The lowest BCUT2D eigenvalue weighted by Gasteiger charge is -2.36. The Morgan fingerprint density at radius 2 is 1.90 bits per heavy atom. The standard InChI is InChI=1S/C17H31N3/c1-14(2)10-11-20(16-6-4-5-7-16)13-17(3,12-18)19-15-8-9-15/h14-16,19H,4-11,13H2,1-3H3. The average Bonchev–Trinajstić information content (AvgIpc) is 3.04. The van der Waals surface area contributed by atoms with Gasteiger partial charge < -0.3 is 0 Å². The molecule has 0 saturated heterocycles. The molecule has 0 aromatic heterocycles. The summed E-state index contributed by atoms with van der Waals surface area (Å²) >= 11 is 0. The molecule has 0 aliphatic heterocycles. The summed E-state index contributed by atoms with van der Waals surface area (Å²) in [5, 5.41) is 13.1. The molecule has 0 spiro atoms. The van der Waals surface area contributed by atoms with Crippen LogP contribution < -0.4 is 5.32 Å². The fourth-order valence-corrected chi connectivity index (χ4v) is 3.28. The highest BCUT2D eigenvalue weighted by atomic mass is 15.2. The molecular formula is C17H31N3. The van der Waals surface area contributed by atoms with Gasteiger partial charge in [0.1, 0.15) is 5.54 Å². The van der Waals surface area contributed by atoms with Gasteiger partial charge >= 0.3 is 0 Å². The van der Waals surface area contributed by atoms with Gasteiger partial charge in [-0.1, -0.05) is 26.7 Å². The molecule has 2 aliphatic rings. The highest BCUT2D eigenvalue weighted by molar-refractivity contribution is 5.09. The molecule has 0 aromatic rings. The molecule has 2 saturated carbocycles. The highest BCUT2D eigenvalue weighted by Crippen LogP contribution is 2.27. The van der Waals surface area contributed by atoms with E-state index in [0.717, 1.165) is 19.0 Å². The smallest absolute Gasteiger partial charge is 0.116 e. The summed E-state index contributed by atoms with van der Waals surface area (Å²) in [6.07, 6.45) is 9.09.